The van der Waals surface area contributed by atoms with E-state index in [-0.39, 0.29) is 17.3 Å². The van der Waals surface area contributed by atoms with Crippen molar-refractivity contribution in [3.8, 4) is 0 Å². The molecule has 24 heavy (non-hydrogen) atoms. The SMILES string of the molecule is Cc1ccc(NCC(=O)Nc2ccc(Cl)cc2C(F)(F)F)cc1C. The molecular formula is C17H16ClF3N2O. The van der Waals surface area contributed by atoms with E-state index < -0.39 is 17.6 Å². The number of aryl methyl sites for hydroxylation is 2. The molecule has 3 nitrogen and oxygen atoms in total. The molecule has 0 unspecified atom stereocenters. The number of carbonyl (C=O) groups excluding carboxylic acids is 1. The summed E-state index contributed by atoms with van der Waals surface area (Å²) in [6.45, 7) is 3.75. The van der Waals surface area contributed by atoms with Gasteiger partial charge in [-0.3, -0.25) is 4.79 Å². The Balaban J connectivity index is 2.06. The number of amides is 1. The van der Waals surface area contributed by atoms with Crippen LogP contribution in [-0.2, 0) is 11.0 Å². The minimum atomic E-state index is -4.60. The maximum Gasteiger partial charge on any atom is 0.418 e. The highest BCUT2D eigenvalue weighted by Crippen LogP contribution is 2.36. The van der Waals surface area contributed by atoms with Crippen molar-refractivity contribution in [2.45, 2.75) is 20.0 Å². The molecule has 0 aliphatic rings. The quantitative estimate of drug-likeness (QED) is 0.807. The number of nitrogens with one attached hydrogen (secondary N) is 2. The van der Waals surface area contributed by atoms with Gasteiger partial charge in [0.2, 0.25) is 5.91 Å². The number of benzene rings is 2. The van der Waals surface area contributed by atoms with Gasteiger partial charge in [-0.15, -0.1) is 0 Å². The number of hydrogen-bond acceptors (Lipinski definition) is 2. The van der Waals surface area contributed by atoms with E-state index in [1.165, 1.54) is 6.07 Å². The van der Waals surface area contributed by atoms with Crippen LogP contribution in [0.5, 0.6) is 0 Å². The van der Waals surface area contributed by atoms with Crippen LogP contribution in [0.15, 0.2) is 36.4 Å². The number of hydrogen-bond donors (Lipinski definition) is 2. The van der Waals surface area contributed by atoms with Crippen molar-refractivity contribution in [3.05, 3.63) is 58.1 Å². The van der Waals surface area contributed by atoms with E-state index >= 15 is 0 Å². The van der Waals surface area contributed by atoms with Crippen molar-refractivity contribution < 1.29 is 18.0 Å². The van der Waals surface area contributed by atoms with Gasteiger partial charge >= 0.3 is 6.18 Å². The summed E-state index contributed by atoms with van der Waals surface area (Å²) in [5.74, 6) is -0.582. The highest BCUT2D eigenvalue weighted by atomic mass is 35.5. The van der Waals surface area contributed by atoms with Gasteiger partial charge in [0.25, 0.3) is 0 Å². The molecule has 0 aromatic heterocycles. The van der Waals surface area contributed by atoms with Gasteiger partial charge in [0.15, 0.2) is 0 Å². The molecule has 0 radical (unpaired) electrons. The summed E-state index contributed by atoms with van der Waals surface area (Å²) >= 11 is 5.60. The molecule has 0 spiro atoms. The highest BCUT2D eigenvalue weighted by Gasteiger charge is 2.34. The molecule has 7 heteroatoms. The molecule has 0 heterocycles. The first-order valence-corrected chi connectivity index (χ1v) is 7.52. The summed E-state index contributed by atoms with van der Waals surface area (Å²) in [5.41, 5.74) is 1.59. The molecule has 0 aliphatic heterocycles. The first-order chi connectivity index (χ1) is 11.2. The van der Waals surface area contributed by atoms with E-state index in [9.17, 15) is 18.0 Å². The standard InChI is InChI=1S/C17H16ClF3N2O/c1-10-3-5-13(7-11(10)2)22-9-16(24)23-15-6-4-12(18)8-14(15)17(19,20)21/h3-8,22H,9H2,1-2H3,(H,23,24). The van der Waals surface area contributed by atoms with E-state index in [4.69, 9.17) is 11.6 Å². The summed E-state index contributed by atoms with van der Waals surface area (Å²) in [4.78, 5) is 11.9. The molecule has 0 saturated heterocycles. The zero-order valence-electron chi connectivity index (χ0n) is 13.1. The molecule has 0 fully saturated rings. The monoisotopic (exact) mass is 356 g/mol. The second-order valence-electron chi connectivity index (χ2n) is 5.39. The Labute approximate surface area is 142 Å². The second-order valence-corrected chi connectivity index (χ2v) is 5.82. The summed E-state index contributed by atoms with van der Waals surface area (Å²) in [6, 6.07) is 8.79. The Hall–Kier alpha value is -2.21. The van der Waals surface area contributed by atoms with E-state index in [0.29, 0.717) is 0 Å². The normalized spacial score (nSPS) is 11.2. The fourth-order valence-corrected chi connectivity index (χ4v) is 2.26. The summed E-state index contributed by atoms with van der Waals surface area (Å²) in [7, 11) is 0. The number of alkyl halides is 3. The van der Waals surface area contributed by atoms with Crippen molar-refractivity contribution in [3.63, 3.8) is 0 Å². The maximum absolute atomic E-state index is 13.0. The Morgan fingerprint density at radius 3 is 2.42 bits per heavy atom. The lowest BCUT2D eigenvalue weighted by atomic mass is 10.1. The number of anilines is 2. The van der Waals surface area contributed by atoms with E-state index in [2.05, 4.69) is 10.6 Å². The van der Waals surface area contributed by atoms with Crippen LogP contribution in [0.2, 0.25) is 5.02 Å². The molecule has 128 valence electrons. The average Bonchev–Trinajstić information content (AvgIpc) is 2.49. The molecule has 0 aliphatic carbocycles. The van der Waals surface area contributed by atoms with E-state index in [1.54, 1.807) is 6.07 Å². The van der Waals surface area contributed by atoms with Crippen LogP contribution in [-0.4, -0.2) is 12.5 Å². The topological polar surface area (TPSA) is 41.1 Å². The molecule has 0 saturated carbocycles. The molecule has 2 rings (SSSR count). The van der Waals surface area contributed by atoms with Gasteiger partial charge in [-0.1, -0.05) is 17.7 Å². The minimum Gasteiger partial charge on any atom is -0.376 e. The van der Waals surface area contributed by atoms with Gasteiger partial charge in [-0.05, 0) is 55.3 Å². The van der Waals surface area contributed by atoms with Gasteiger partial charge in [-0.25, -0.2) is 0 Å². The Bertz CT molecular complexity index is 760. The fourth-order valence-electron chi connectivity index (χ4n) is 2.09. The smallest absolute Gasteiger partial charge is 0.376 e. The zero-order chi connectivity index (χ0) is 17.9. The summed E-state index contributed by atoms with van der Waals surface area (Å²) in [6.07, 6.45) is -4.60. The van der Waals surface area contributed by atoms with Crippen molar-refractivity contribution in [2.75, 3.05) is 17.2 Å². The van der Waals surface area contributed by atoms with Crippen molar-refractivity contribution >= 4 is 28.9 Å². The summed E-state index contributed by atoms with van der Waals surface area (Å²) < 4.78 is 39.0. The fraction of sp³-hybridized carbons (Fsp3) is 0.235. The van der Waals surface area contributed by atoms with Crippen LogP contribution in [0, 0.1) is 13.8 Å². The first kappa shape index (κ1) is 18.1. The van der Waals surface area contributed by atoms with Crippen LogP contribution in [0.4, 0.5) is 24.5 Å². The molecular weight excluding hydrogens is 341 g/mol. The predicted molar refractivity (Wildman–Crippen MR) is 89.5 cm³/mol. The van der Waals surface area contributed by atoms with Crippen molar-refractivity contribution in [1.82, 2.24) is 0 Å². The highest BCUT2D eigenvalue weighted by molar-refractivity contribution is 6.30. The van der Waals surface area contributed by atoms with Crippen LogP contribution in [0.1, 0.15) is 16.7 Å². The number of halogens is 4. The predicted octanol–water partition coefficient (Wildman–Crippen LogP) is 5.03. The van der Waals surface area contributed by atoms with Crippen molar-refractivity contribution in [1.29, 1.82) is 0 Å². The van der Waals surface area contributed by atoms with Gasteiger partial charge in [-0.2, -0.15) is 13.2 Å². The van der Waals surface area contributed by atoms with Crippen LogP contribution in [0.3, 0.4) is 0 Å². The number of carbonyl (C=O) groups is 1. The van der Waals surface area contributed by atoms with Gasteiger partial charge in [0.1, 0.15) is 0 Å². The van der Waals surface area contributed by atoms with Gasteiger partial charge < -0.3 is 10.6 Å². The number of rotatable bonds is 4. The summed E-state index contributed by atoms with van der Waals surface area (Å²) in [5, 5.41) is 5.10. The Morgan fingerprint density at radius 1 is 1.08 bits per heavy atom. The van der Waals surface area contributed by atoms with Crippen LogP contribution < -0.4 is 10.6 Å². The third kappa shape index (κ3) is 4.64. The van der Waals surface area contributed by atoms with E-state index in [1.807, 2.05) is 26.0 Å². The van der Waals surface area contributed by atoms with Gasteiger partial charge in [0.05, 0.1) is 17.8 Å². The first-order valence-electron chi connectivity index (χ1n) is 7.14. The molecule has 2 N–H and O–H groups in total. The van der Waals surface area contributed by atoms with Crippen molar-refractivity contribution in [2.24, 2.45) is 0 Å². The minimum absolute atomic E-state index is 0.0476. The van der Waals surface area contributed by atoms with E-state index in [0.717, 1.165) is 28.9 Å². The lowest BCUT2D eigenvalue weighted by Crippen LogP contribution is -2.23. The zero-order valence-corrected chi connectivity index (χ0v) is 13.8. The maximum atomic E-state index is 13.0. The molecule has 2 aromatic carbocycles. The molecule has 2 aromatic rings. The average molecular weight is 357 g/mol. The van der Waals surface area contributed by atoms with Crippen LogP contribution in [0.25, 0.3) is 0 Å². The largest absolute Gasteiger partial charge is 0.418 e. The van der Waals surface area contributed by atoms with Gasteiger partial charge in [0, 0.05) is 10.7 Å². The lowest BCUT2D eigenvalue weighted by Gasteiger charge is -2.15. The Kier molecular flexibility index (Phi) is 5.39. The molecule has 0 atom stereocenters. The van der Waals surface area contributed by atoms with Crippen LogP contribution >= 0.6 is 11.6 Å². The lowest BCUT2D eigenvalue weighted by molar-refractivity contribution is -0.137. The molecule has 1 amide bonds. The third-order valence-corrected chi connectivity index (χ3v) is 3.76. The second kappa shape index (κ2) is 7.13. The Morgan fingerprint density at radius 2 is 1.79 bits per heavy atom. The molecule has 0 bridgehead atoms. The third-order valence-electron chi connectivity index (χ3n) is 3.52.